The molecule has 0 bridgehead atoms. The van der Waals surface area contributed by atoms with E-state index in [1.165, 1.54) is 0 Å². The first kappa shape index (κ1) is 15.3. The maximum absolute atomic E-state index is 11.3. The fourth-order valence-electron chi connectivity index (χ4n) is 4.32. The van der Waals surface area contributed by atoms with E-state index in [9.17, 15) is 10.1 Å². The molecule has 0 aromatic heterocycles. The highest BCUT2D eigenvalue weighted by molar-refractivity contribution is 5.89. The summed E-state index contributed by atoms with van der Waals surface area (Å²) in [5.74, 6) is 0.892. The number of hydrogen-bond donors (Lipinski definition) is 0. The SMILES string of the molecule is O=[N+]([O-])c1cccc(C2c3c(ccc4ccccc34)OC3CCCN32)c1. The van der Waals surface area contributed by atoms with E-state index in [0.29, 0.717) is 0 Å². The van der Waals surface area contributed by atoms with Gasteiger partial charge in [0.2, 0.25) is 0 Å². The molecule has 3 aromatic rings. The van der Waals surface area contributed by atoms with Crippen molar-refractivity contribution in [2.75, 3.05) is 6.54 Å². The van der Waals surface area contributed by atoms with Gasteiger partial charge in [0.15, 0.2) is 6.23 Å². The molecule has 5 nitrogen and oxygen atoms in total. The van der Waals surface area contributed by atoms with Crippen LogP contribution < -0.4 is 4.74 Å². The predicted octanol–water partition coefficient (Wildman–Crippen LogP) is 4.65. The van der Waals surface area contributed by atoms with Gasteiger partial charge in [-0.25, -0.2) is 0 Å². The number of ether oxygens (including phenoxy) is 1. The Labute approximate surface area is 151 Å². The van der Waals surface area contributed by atoms with E-state index in [2.05, 4.69) is 23.1 Å². The van der Waals surface area contributed by atoms with Crippen LogP contribution in [-0.4, -0.2) is 22.6 Å². The molecule has 2 unspecified atom stereocenters. The van der Waals surface area contributed by atoms with Gasteiger partial charge in [0, 0.05) is 24.2 Å². The van der Waals surface area contributed by atoms with E-state index >= 15 is 0 Å². The molecule has 2 atom stereocenters. The van der Waals surface area contributed by atoms with E-state index in [0.717, 1.165) is 47.0 Å². The topological polar surface area (TPSA) is 55.6 Å². The van der Waals surface area contributed by atoms with Gasteiger partial charge in [0.05, 0.1) is 11.0 Å². The first-order valence-electron chi connectivity index (χ1n) is 8.91. The first-order chi connectivity index (χ1) is 12.7. The van der Waals surface area contributed by atoms with Crippen molar-refractivity contribution >= 4 is 16.5 Å². The molecule has 1 saturated heterocycles. The molecule has 0 saturated carbocycles. The van der Waals surface area contributed by atoms with E-state index < -0.39 is 0 Å². The zero-order chi connectivity index (χ0) is 17.7. The van der Waals surface area contributed by atoms with Crippen molar-refractivity contribution in [3.8, 4) is 5.75 Å². The van der Waals surface area contributed by atoms with Crippen LogP contribution in [0, 0.1) is 10.1 Å². The van der Waals surface area contributed by atoms with Gasteiger partial charge in [-0.15, -0.1) is 0 Å². The van der Waals surface area contributed by atoms with Crippen molar-refractivity contribution in [3.05, 3.63) is 81.9 Å². The lowest BCUT2D eigenvalue weighted by molar-refractivity contribution is -0.385. The Morgan fingerprint density at radius 3 is 2.85 bits per heavy atom. The van der Waals surface area contributed by atoms with E-state index in [1.54, 1.807) is 18.2 Å². The molecule has 5 heteroatoms. The largest absolute Gasteiger partial charge is 0.475 e. The molecule has 2 aliphatic heterocycles. The zero-order valence-corrected chi connectivity index (χ0v) is 14.2. The maximum Gasteiger partial charge on any atom is 0.269 e. The highest BCUT2D eigenvalue weighted by Crippen LogP contribution is 2.47. The van der Waals surface area contributed by atoms with Crippen molar-refractivity contribution in [3.63, 3.8) is 0 Å². The van der Waals surface area contributed by atoms with Gasteiger partial charge in [-0.2, -0.15) is 0 Å². The third-order valence-electron chi connectivity index (χ3n) is 5.43. The Morgan fingerprint density at radius 1 is 1.08 bits per heavy atom. The fraction of sp³-hybridized carbons (Fsp3) is 0.238. The zero-order valence-electron chi connectivity index (χ0n) is 14.2. The van der Waals surface area contributed by atoms with E-state index in [-0.39, 0.29) is 22.9 Å². The van der Waals surface area contributed by atoms with Gasteiger partial charge in [-0.1, -0.05) is 42.5 Å². The van der Waals surface area contributed by atoms with Crippen molar-refractivity contribution in [2.45, 2.75) is 25.1 Å². The number of non-ortho nitro benzene ring substituents is 1. The molecule has 0 aliphatic carbocycles. The van der Waals surface area contributed by atoms with Gasteiger partial charge in [0.1, 0.15) is 5.75 Å². The van der Waals surface area contributed by atoms with Crippen molar-refractivity contribution < 1.29 is 9.66 Å². The molecule has 2 heterocycles. The normalized spacial score (nSPS) is 21.8. The Hall–Kier alpha value is -2.92. The Balaban J connectivity index is 1.77. The predicted molar refractivity (Wildman–Crippen MR) is 99.2 cm³/mol. The molecular formula is C21H18N2O3. The summed E-state index contributed by atoms with van der Waals surface area (Å²) in [6, 6.07) is 19.4. The van der Waals surface area contributed by atoms with Crippen molar-refractivity contribution in [1.82, 2.24) is 4.90 Å². The molecule has 0 radical (unpaired) electrons. The summed E-state index contributed by atoms with van der Waals surface area (Å²) in [6.07, 6.45) is 2.09. The molecule has 130 valence electrons. The number of fused-ring (bicyclic) bond motifs is 4. The Bertz CT molecular complexity index is 1020. The van der Waals surface area contributed by atoms with Crippen LogP contribution >= 0.6 is 0 Å². The molecule has 2 aliphatic rings. The highest BCUT2D eigenvalue weighted by Gasteiger charge is 2.40. The van der Waals surface area contributed by atoms with Crippen LogP contribution in [-0.2, 0) is 0 Å². The third-order valence-corrected chi connectivity index (χ3v) is 5.43. The molecule has 1 fully saturated rings. The number of nitrogens with zero attached hydrogens (tertiary/aromatic N) is 2. The van der Waals surface area contributed by atoms with E-state index in [1.807, 2.05) is 24.3 Å². The summed E-state index contributed by atoms with van der Waals surface area (Å²) in [5, 5.41) is 13.6. The van der Waals surface area contributed by atoms with Gasteiger partial charge in [-0.05, 0) is 35.2 Å². The van der Waals surface area contributed by atoms with Crippen LogP contribution in [0.2, 0.25) is 0 Å². The summed E-state index contributed by atoms with van der Waals surface area (Å²) in [5.41, 5.74) is 2.19. The average molecular weight is 346 g/mol. The van der Waals surface area contributed by atoms with Crippen LogP contribution in [0.15, 0.2) is 60.7 Å². The minimum absolute atomic E-state index is 0.0303. The molecule has 0 spiro atoms. The number of benzene rings is 3. The highest BCUT2D eigenvalue weighted by atomic mass is 16.6. The minimum atomic E-state index is -0.325. The fourth-order valence-corrected chi connectivity index (χ4v) is 4.32. The van der Waals surface area contributed by atoms with Gasteiger partial charge >= 0.3 is 0 Å². The summed E-state index contributed by atoms with van der Waals surface area (Å²) < 4.78 is 6.29. The quantitative estimate of drug-likeness (QED) is 0.500. The summed E-state index contributed by atoms with van der Waals surface area (Å²) in [4.78, 5) is 13.3. The second-order valence-electron chi connectivity index (χ2n) is 6.91. The third kappa shape index (κ3) is 2.28. The second-order valence-corrected chi connectivity index (χ2v) is 6.91. The summed E-state index contributed by atoms with van der Waals surface area (Å²) in [6.45, 7) is 0.931. The summed E-state index contributed by atoms with van der Waals surface area (Å²) in [7, 11) is 0. The second kappa shape index (κ2) is 5.81. The molecule has 5 rings (SSSR count). The molecular weight excluding hydrogens is 328 g/mol. The molecule has 26 heavy (non-hydrogen) atoms. The smallest absolute Gasteiger partial charge is 0.269 e. The van der Waals surface area contributed by atoms with Gasteiger partial charge < -0.3 is 4.74 Å². The monoisotopic (exact) mass is 346 g/mol. The summed E-state index contributed by atoms with van der Waals surface area (Å²) >= 11 is 0. The number of rotatable bonds is 2. The minimum Gasteiger partial charge on any atom is -0.475 e. The van der Waals surface area contributed by atoms with Gasteiger partial charge in [0.25, 0.3) is 5.69 Å². The molecule has 3 aromatic carbocycles. The van der Waals surface area contributed by atoms with Crippen LogP contribution in [0.3, 0.4) is 0 Å². The van der Waals surface area contributed by atoms with Crippen LogP contribution in [0.1, 0.15) is 30.0 Å². The number of nitro groups is 1. The van der Waals surface area contributed by atoms with E-state index in [4.69, 9.17) is 4.74 Å². The number of hydrogen-bond acceptors (Lipinski definition) is 4. The van der Waals surface area contributed by atoms with Crippen LogP contribution in [0.5, 0.6) is 5.75 Å². The maximum atomic E-state index is 11.3. The first-order valence-corrected chi connectivity index (χ1v) is 8.91. The molecule has 0 N–H and O–H groups in total. The molecule has 0 amide bonds. The van der Waals surface area contributed by atoms with Gasteiger partial charge in [-0.3, -0.25) is 15.0 Å². The van der Waals surface area contributed by atoms with Crippen LogP contribution in [0.25, 0.3) is 10.8 Å². The van der Waals surface area contributed by atoms with Crippen molar-refractivity contribution in [1.29, 1.82) is 0 Å². The lowest BCUT2D eigenvalue weighted by atomic mass is 9.90. The average Bonchev–Trinajstić information content (AvgIpc) is 3.14. The lowest BCUT2D eigenvalue weighted by Crippen LogP contribution is -2.41. The standard InChI is InChI=1S/C21H18N2O3/c24-23(25)16-7-3-6-15(13-16)21-20-17-8-2-1-5-14(17)10-11-18(20)26-19-9-4-12-22(19)21/h1-3,5-8,10-11,13,19,21H,4,9,12H2. The lowest BCUT2D eigenvalue weighted by Gasteiger charge is -2.40. The Morgan fingerprint density at radius 2 is 1.96 bits per heavy atom. The Kier molecular flexibility index (Phi) is 3.43. The van der Waals surface area contributed by atoms with Crippen molar-refractivity contribution in [2.24, 2.45) is 0 Å². The number of nitro benzene ring substituents is 1. The van der Waals surface area contributed by atoms with Crippen LogP contribution in [0.4, 0.5) is 5.69 Å².